The third-order valence-electron chi connectivity index (χ3n) is 7.04. The Bertz CT molecular complexity index is 1490. The summed E-state index contributed by atoms with van der Waals surface area (Å²) in [6.07, 6.45) is 8.16. The molecule has 176 valence electrons. The minimum atomic E-state index is -0.590. The van der Waals surface area contributed by atoms with Crippen LogP contribution in [0, 0.1) is 6.92 Å². The fourth-order valence-electron chi connectivity index (χ4n) is 5.40. The second kappa shape index (κ2) is 9.04. The number of thiophene rings is 1. The fourth-order valence-corrected chi connectivity index (χ4v) is 6.22. The number of aromatic nitrogens is 3. The number of rotatable bonds is 5. The topological polar surface area (TPSA) is 54.2 Å². The number of benzene rings is 1. The average Bonchev–Trinajstić information content (AvgIpc) is 3.48. The fraction of sp³-hybridized carbons (Fsp3) is 0.241. The molecule has 0 amide bonds. The van der Waals surface area contributed by atoms with Gasteiger partial charge in [0.05, 0.1) is 17.3 Å². The minimum Gasteiger partial charge on any atom is -0.388 e. The van der Waals surface area contributed by atoms with Crippen molar-refractivity contribution in [3.8, 4) is 16.8 Å². The third-order valence-corrected chi connectivity index (χ3v) is 7.77. The van der Waals surface area contributed by atoms with Crippen molar-refractivity contribution in [3.05, 3.63) is 99.9 Å². The molecule has 1 N–H and O–H groups in total. The molecule has 0 spiro atoms. The van der Waals surface area contributed by atoms with Gasteiger partial charge in [-0.3, -0.25) is 9.97 Å². The Balaban J connectivity index is 1.60. The maximum atomic E-state index is 11.2. The predicted molar refractivity (Wildman–Crippen MR) is 142 cm³/mol. The lowest BCUT2D eigenvalue weighted by molar-refractivity contribution is 0.178. The summed E-state index contributed by atoms with van der Waals surface area (Å²) in [7, 11) is 2.20. The smallest absolute Gasteiger partial charge is 0.0832 e. The molecule has 0 radical (unpaired) electrons. The second-order valence-corrected chi connectivity index (χ2v) is 10.2. The maximum absolute atomic E-state index is 11.2. The standard InChI is InChI=1S/C29H28N4OS/c1-19-13-22(15-28(34)21-5-10-31-11-6-21)29-23(14-19)24-16-32(2)12-7-26(24)33(29)27-18-35-17-25(27)20-3-8-30-9-4-20/h3-6,8-11,13-14,17-18,28,34H,7,12,15-16H2,1-2H3. The van der Waals surface area contributed by atoms with E-state index in [1.165, 1.54) is 50.1 Å². The Labute approximate surface area is 209 Å². The van der Waals surface area contributed by atoms with E-state index >= 15 is 0 Å². The highest BCUT2D eigenvalue weighted by Gasteiger charge is 2.27. The molecule has 6 rings (SSSR count). The summed E-state index contributed by atoms with van der Waals surface area (Å²) >= 11 is 1.73. The van der Waals surface area contributed by atoms with Gasteiger partial charge in [0.1, 0.15) is 0 Å². The van der Waals surface area contributed by atoms with Crippen LogP contribution in [0.5, 0.6) is 0 Å². The summed E-state index contributed by atoms with van der Waals surface area (Å²) in [6, 6.07) is 12.5. The second-order valence-electron chi connectivity index (χ2n) is 9.48. The van der Waals surface area contributed by atoms with Crippen LogP contribution in [0.3, 0.4) is 0 Å². The Hall–Kier alpha value is -3.32. The van der Waals surface area contributed by atoms with Gasteiger partial charge in [0, 0.05) is 78.1 Å². The zero-order valence-corrected chi connectivity index (χ0v) is 20.8. The van der Waals surface area contributed by atoms with Crippen LogP contribution in [0.25, 0.3) is 27.7 Å². The van der Waals surface area contributed by atoms with Crippen molar-refractivity contribution < 1.29 is 5.11 Å². The van der Waals surface area contributed by atoms with Crippen LogP contribution in [-0.4, -0.2) is 38.1 Å². The lowest BCUT2D eigenvalue weighted by Crippen LogP contribution is -2.27. The van der Waals surface area contributed by atoms with Crippen molar-refractivity contribution in [1.82, 2.24) is 19.4 Å². The molecule has 0 bridgehead atoms. The molecule has 0 fully saturated rings. The van der Waals surface area contributed by atoms with E-state index in [4.69, 9.17) is 0 Å². The van der Waals surface area contributed by atoms with Crippen molar-refractivity contribution in [2.45, 2.75) is 32.4 Å². The van der Waals surface area contributed by atoms with E-state index in [0.29, 0.717) is 6.42 Å². The number of aliphatic hydroxyl groups excluding tert-OH is 1. The van der Waals surface area contributed by atoms with E-state index in [1.807, 2.05) is 24.5 Å². The highest BCUT2D eigenvalue weighted by atomic mass is 32.1. The molecule has 35 heavy (non-hydrogen) atoms. The van der Waals surface area contributed by atoms with Crippen molar-refractivity contribution >= 4 is 22.2 Å². The van der Waals surface area contributed by atoms with Gasteiger partial charge >= 0.3 is 0 Å². The van der Waals surface area contributed by atoms with E-state index in [1.54, 1.807) is 23.7 Å². The molecule has 5 heterocycles. The molecule has 0 saturated heterocycles. The van der Waals surface area contributed by atoms with Gasteiger partial charge in [-0.15, -0.1) is 11.3 Å². The molecule has 1 aliphatic heterocycles. The third kappa shape index (κ3) is 3.97. The van der Waals surface area contributed by atoms with Gasteiger partial charge in [0.15, 0.2) is 0 Å². The number of hydrogen-bond acceptors (Lipinski definition) is 5. The summed E-state index contributed by atoms with van der Waals surface area (Å²) in [6.45, 7) is 4.13. The van der Waals surface area contributed by atoms with E-state index < -0.39 is 6.10 Å². The summed E-state index contributed by atoms with van der Waals surface area (Å²) in [5.41, 5.74) is 10.9. The van der Waals surface area contributed by atoms with E-state index in [9.17, 15) is 5.11 Å². The molecular formula is C29H28N4OS. The first-order valence-corrected chi connectivity index (χ1v) is 12.9. The van der Waals surface area contributed by atoms with Gasteiger partial charge in [-0.05, 0) is 66.6 Å². The lowest BCUT2D eigenvalue weighted by Gasteiger charge is -2.24. The highest BCUT2D eigenvalue weighted by Crippen LogP contribution is 2.40. The summed E-state index contributed by atoms with van der Waals surface area (Å²) < 4.78 is 2.48. The molecular weight excluding hydrogens is 452 g/mol. The normalized spacial score (nSPS) is 14.8. The SMILES string of the molecule is Cc1cc(CC(O)c2ccncc2)c2c(c1)c1c(n2-c2cscc2-c2ccncc2)CCN(C)C1. The summed E-state index contributed by atoms with van der Waals surface area (Å²) in [4.78, 5) is 10.7. The van der Waals surface area contributed by atoms with Crippen LogP contribution in [0.15, 0.2) is 71.9 Å². The molecule has 4 aromatic heterocycles. The molecule has 5 nitrogen and oxygen atoms in total. The Kier molecular flexibility index (Phi) is 5.72. The molecule has 6 heteroatoms. The number of likely N-dealkylation sites (N-methyl/N-ethyl adjacent to an activating group) is 1. The van der Waals surface area contributed by atoms with Gasteiger partial charge < -0.3 is 14.6 Å². The first-order chi connectivity index (χ1) is 17.1. The maximum Gasteiger partial charge on any atom is 0.0832 e. The molecule has 1 aliphatic rings. The highest BCUT2D eigenvalue weighted by molar-refractivity contribution is 7.08. The Morgan fingerprint density at radius 2 is 1.77 bits per heavy atom. The van der Waals surface area contributed by atoms with E-state index in [2.05, 4.69) is 68.4 Å². The molecule has 1 unspecified atom stereocenters. The van der Waals surface area contributed by atoms with Crippen molar-refractivity contribution in [3.63, 3.8) is 0 Å². The van der Waals surface area contributed by atoms with Crippen LogP contribution in [0.1, 0.15) is 34.1 Å². The zero-order valence-electron chi connectivity index (χ0n) is 20.0. The van der Waals surface area contributed by atoms with Crippen molar-refractivity contribution in [2.75, 3.05) is 13.6 Å². The van der Waals surface area contributed by atoms with Crippen LogP contribution in [-0.2, 0) is 19.4 Å². The number of hydrogen-bond donors (Lipinski definition) is 1. The van der Waals surface area contributed by atoms with Crippen molar-refractivity contribution in [2.24, 2.45) is 0 Å². The molecule has 1 atom stereocenters. The molecule has 5 aromatic rings. The van der Waals surface area contributed by atoms with Gasteiger partial charge in [0.25, 0.3) is 0 Å². The van der Waals surface area contributed by atoms with Crippen LogP contribution >= 0.6 is 11.3 Å². The Morgan fingerprint density at radius 1 is 1.03 bits per heavy atom. The average molecular weight is 481 g/mol. The quantitative estimate of drug-likeness (QED) is 0.349. The van der Waals surface area contributed by atoms with E-state index in [0.717, 1.165) is 25.1 Å². The summed E-state index contributed by atoms with van der Waals surface area (Å²) in [5, 5.41) is 17.0. The van der Waals surface area contributed by atoms with Gasteiger partial charge in [-0.25, -0.2) is 0 Å². The molecule has 0 aliphatic carbocycles. The van der Waals surface area contributed by atoms with Gasteiger partial charge in [0.2, 0.25) is 0 Å². The number of pyridine rings is 2. The number of aryl methyl sites for hydroxylation is 1. The van der Waals surface area contributed by atoms with Crippen LogP contribution < -0.4 is 0 Å². The van der Waals surface area contributed by atoms with Gasteiger partial charge in [-0.1, -0.05) is 11.6 Å². The minimum absolute atomic E-state index is 0.551. The zero-order chi connectivity index (χ0) is 23.9. The van der Waals surface area contributed by atoms with Crippen LogP contribution in [0.2, 0.25) is 0 Å². The Morgan fingerprint density at radius 3 is 2.54 bits per heavy atom. The first-order valence-electron chi connectivity index (χ1n) is 12.0. The molecule has 0 saturated carbocycles. The van der Waals surface area contributed by atoms with E-state index in [-0.39, 0.29) is 0 Å². The molecule has 1 aromatic carbocycles. The first kappa shape index (κ1) is 22.2. The number of fused-ring (bicyclic) bond motifs is 3. The van der Waals surface area contributed by atoms with Gasteiger partial charge in [-0.2, -0.15) is 0 Å². The van der Waals surface area contributed by atoms with Crippen LogP contribution in [0.4, 0.5) is 0 Å². The predicted octanol–water partition coefficient (Wildman–Crippen LogP) is 5.72. The van der Waals surface area contributed by atoms with Crippen molar-refractivity contribution in [1.29, 1.82) is 0 Å². The number of nitrogens with zero attached hydrogens (tertiary/aromatic N) is 4. The summed E-state index contributed by atoms with van der Waals surface area (Å²) in [5.74, 6) is 0. The largest absolute Gasteiger partial charge is 0.388 e. The monoisotopic (exact) mass is 480 g/mol. The lowest BCUT2D eigenvalue weighted by atomic mass is 9.96. The number of aliphatic hydroxyl groups is 1.